The first-order valence-corrected chi connectivity index (χ1v) is 6.24. The van der Waals surface area contributed by atoms with Gasteiger partial charge in [0.2, 0.25) is 0 Å². The SMILES string of the molecule is COc1cc(F)c(C(Br)c2ccc(Cl)o2)c(F)c1. The van der Waals surface area contributed by atoms with Crippen molar-refractivity contribution >= 4 is 27.5 Å². The molecule has 0 saturated carbocycles. The third-order valence-corrected chi connectivity index (χ3v) is 3.50. The summed E-state index contributed by atoms with van der Waals surface area (Å²) in [5, 5.41) is 0.156. The zero-order valence-corrected chi connectivity index (χ0v) is 11.6. The van der Waals surface area contributed by atoms with Gasteiger partial charge in [0.05, 0.1) is 7.11 Å². The molecule has 96 valence electrons. The Morgan fingerprint density at radius 3 is 2.33 bits per heavy atom. The number of benzene rings is 1. The summed E-state index contributed by atoms with van der Waals surface area (Å²) in [6.45, 7) is 0. The summed E-state index contributed by atoms with van der Waals surface area (Å²) in [6, 6.07) is 5.27. The summed E-state index contributed by atoms with van der Waals surface area (Å²) >= 11 is 8.81. The van der Waals surface area contributed by atoms with Gasteiger partial charge in [-0.15, -0.1) is 0 Å². The van der Waals surface area contributed by atoms with Gasteiger partial charge in [-0.3, -0.25) is 0 Å². The molecule has 0 saturated heterocycles. The molecule has 0 aliphatic rings. The molecule has 1 heterocycles. The molecule has 0 fully saturated rings. The Hall–Kier alpha value is -1.07. The molecular weight excluding hydrogens is 329 g/mol. The first-order chi connectivity index (χ1) is 8.52. The number of alkyl halides is 1. The van der Waals surface area contributed by atoms with Gasteiger partial charge in [-0.25, -0.2) is 8.78 Å². The van der Waals surface area contributed by atoms with Gasteiger partial charge in [-0.2, -0.15) is 0 Å². The lowest BCUT2D eigenvalue weighted by atomic mass is 10.1. The van der Waals surface area contributed by atoms with Crippen LogP contribution in [0.1, 0.15) is 16.2 Å². The second kappa shape index (κ2) is 5.28. The van der Waals surface area contributed by atoms with E-state index in [1.165, 1.54) is 13.2 Å². The van der Waals surface area contributed by atoms with Gasteiger partial charge in [-0.05, 0) is 23.7 Å². The first kappa shape index (κ1) is 13.4. The van der Waals surface area contributed by atoms with Crippen LogP contribution in [0, 0.1) is 11.6 Å². The largest absolute Gasteiger partial charge is 0.497 e. The molecule has 0 bridgehead atoms. The van der Waals surface area contributed by atoms with Crippen LogP contribution < -0.4 is 4.74 Å². The molecule has 0 N–H and O–H groups in total. The minimum absolute atomic E-state index is 0.117. The smallest absolute Gasteiger partial charge is 0.193 e. The Bertz CT molecular complexity index is 548. The third kappa shape index (κ3) is 2.52. The molecule has 0 aliphatic heterocycles. The number of furan rings is 1. The molecule has 1 aromatic carbocycles. The molecule has 0 aliphatic carbocycles. The van der Waals surface area contributed by atoms with Crippen molar-refractivity contribution < 1.29 is 17.9 Å². The van der Waals surface area contributed by atoms with Gasteiger partial charge in [0.1, 0.15) is 28.0 Å². The van der Waals surface area contributed by atoms with E-state index in [2.05, 4.69) is 15.9 Å². The van der Waals surface area contributed by atoms with Crippen LogP contribution in [0.5, 0.6) is 5.75 Å². The van der Waals surface area contributed by atoms with Gasteiger partial charge in [-0.1, -0.05) is 15.9 Å². The van der Waals surface area contributed by atoms with Crippen molar-refractivity contribution in [2.75, 3.05) is 7.11 Å². The molecule has 2 aromatic rings. The Morgan fingerprint density at radius 1 is 1.28 bits per heavy atom. The average Bonchev–Trinajstić information content (AvgIpc) is 2.74. The Balaban J connectivity index is 2.44. The van der Waals surface area contributed by atoms with Gasteiger partial charge in [0.15, 0.2) is 5.22 Å². The second-order valence-electron chi connectivity index (χ2n) is 3.51. The topological polar surface area (TPSA) is 22.4 Å². The van der Waals surface area contributed by atoms with Crippen LogP contribution in [0.25, 0.3) is 0 Å². The van der Waals surface area contributed by atoms with Crippen molar-refractivity contribution in [1.29, 1.82) is 0 Å². The summed E-state index contributed by atoms with van der Waals surface area (Å²) < 4.78 is 37.5. The monoisotopic (exact) mass is 336 g/mol. The van der Waals surface area contributed by atoms with E-state index in [9.17, 15) is 8.78 Å². The number of methoxy groups -OCH3 is 1. The Labute approximate surface area is 116 Å². The van der Waals surface area contributed by atoms with Crippen LogP contribution in [-0.4, -0.2) is 7.11 Å². The molecule has 1 unspecified atom stereocenters. The van der Waals surface area contributed by atoms with E-state index in [-0.39, 0.29) is 16.5 Å². The van der Waals surface area contributed by atoms with Crippen molar-refractivity contribution in [1.82, 2.24) is 0 Å². The molecule has 2 rings (SSSR count). The lowest BCUT2D eigenvalue weighted by molar-refractivity contribution is 0.404. The predicted octanol–water partition coefficient (Wildman–Crippen LogP) is 4.70. The van der Waals surface area contributed by atoms with Crippen LogP contribution in [-0.2, 0) is 0 Å². The standard InChI is InChI=1S/C12H8BrClF2O2/c1-17-6-4-7(15)11(8(16)5-6)12(13)9-2-3-10(14)18-9/h2-5,12H,1H3. The lowest BCUT2D eigenvalue weighted by Crippen LogP contribution is -2.01. The second-order valence-corrected chi connectivity index (χ2v) is 4.80. The minimum atomic E-state index is -0.754. The van der Waals surface area contributed by atoms with E-state index in [1.54, 1.807) is 6.07 Å². The molecule has 0 spiro atoms. The maximum absolute atomic E-state index is 13.8. The number of rotatable bonds is 3. The highest BCUT2D eigenvalue weighted by atomic mass is 79.9. The molecule has 0 amide bonds. The number of hydrogen-bond donors (Lipinski definition) is 0. The minimum Gasteiger partial charge on any atom is -0.497 e. The fourth-order valence-corrected chi connectivity index (χ4v) is 2.36. The summed E-state index contributed by atoms with van der Waals surface area (Å²) in [6.07, 6.45) is 0. The van der Waals surface area contributed by atoms with E-state index in [0.29, 0.717) is 5.76 Å². The van der Waals surface area contributed by atoms with Gasteiger partial charge >= 0.3 is 0 Å². The highest BCUT2D eigenvalue weighted by Gasteiger charge is 2.23. The number of halogens is 4. The van der Waals surface area contributed by atoms with Crippen molar-refractivity contribution in [3.8, 4) is 5.75 Å². The zero-order valence-electron chi connectivity index (χ0n) is 9.22. The van der Waals surface area contributed by atoms with Crippen molar-refractivity contribution in [2.45, 2.75) is 4.83 Å². The third-order valence-electron chi connectivity index (χ3n) is 2.39. The maximum atomic E-state index is 13.8. The maximum Gasteiger partial charge on any atom is 0.193 e. The van der Waals surface area contributed by atoms with E-state index >= 15 is 0 Å². The van der Waals surface area contributed by atoms with E-state index < -0.39 is 16.5 Å². The van der Waals surface area contributed by atoms with Crippen LogP contribution >= 0.6 is 27.5 Å². The van der Waals surface area contributed by atoms with Crippen LogP contribution in [0.3, 0.4) is 0 Å². The van der Waals surface area contributed by atoms with Gasteiger partial charge in [0, 0.05) is 17.7 Å². The quantitative estimate of drug-likeness (QED) is 0.757. The van der Waals surface area contributed by atoms with E-state index in [1.807, 2.05) is 0 Å². The Morgan fingerprint density at radius 2 is 1.89 bits per heavy atom. The average molecular weight is 338 g/mol. The summed E-state index contributed by atoms with van der Waals surface area (Å²) in [5.41, 5.74) is -0.151. The molecular formula is C12H8BrClF2O2. The normalized spacial score (nSPS) is 12.5. The van der Waals surface area contributed by atoms with Crippen LogP contribution in [0.2, 0.25) is 5.22 Å². The highest BCUT2D eigenvalue weighted by Crippen LogP contribution is 2.37. The fraction of sp³-hybridized carbons (Fsp3) is 0.167. The van der Waals surface area contributed by atoms with Crippen LogP contribution in [0.15, 0.2) is 28.7 Å². The van der Waals surface area contributed by atoms with E-state index in [0.717, 1.165) is 12.1 Å². The predicted molar refractivity (Wildman–Crippen MR) is 67.4 cm³/mol. The molecule has 1 aromatic heterocycles. The molecule has 2 nitrogen and oxygen atoms in total. The zero-order chi connectivity index (χ0) is 13.3. The highest BCUT2D eigenvalue weighted by molar-refractivity contribution is 9.09. The van der Waals surface area contributed by atoms with Crippen molar-refractivity contribution in [3.63, 3.8) is 0 Å². The summed E-state index contributed by atoms with van der Waals surface area (Å²) in [5.74, 6) is -1.00. The van der Waals surface area contributed by atoms with Gasteiger partial charge in [0.25, 0.3) is 0 Å². The Kier molecular flexibility index (Phi) is 3.92. The fourth-order valence-electron chi connectivity index (χ4n) is 1.53. The molecule has 18 heavy (non-hydrogen) atoms. The number of hydrogen-bond acceptors (Lipinski definition) is 2. The summed E-state index contributed by atoms with van der Waals surface area (Å²) in [4.78, 5) is -0.754. The number of ether oxygens (including phenoxy) is 1. The van der Waals surface area contributed by atoms with Crippen molar-refractivity contribution in [3.05, 3.63) is 52.4 Å². The van der Waals surface area contributed by atoms with Crippen LogP contribution in [0.4, 0.5) is 8.78 Å². The molecule has 0 radical (unpaired) electrons. The molecule has 6 heteroatoms. The summed E-state index contributed by atoms with van der Waals surface area (Å²) in [7, 11) is 1.34. The van der Waals surface area contributed by atoms with E-state index in [4.69, 9.17) is 20.8 Å². The van der Waals surface area contributed by atoms with Crippen molar-refractivity contribution in [2.24, 2.45) is 0 Å². The first-order valence-electron chi connectivity index (χ1n) is 4.95. The molecule has 1 atom stereocenters. The van der Waals surface area contributed by atoms with Gasteiger partial charge < -0.3 is 9.15 Å². The lowest BCUT2D eigenvalue weighted by Gasteiger charge is -2.11.